The average molecular weight is 311 g/mol. The summed E-state index contributed by atoms with van der Waals surface area (Å²) in [4.78, 5) is 4.73. The molecule has 1 unspecified atom stereocenters. The van der Waals surface area contributed by atoms with Gasteiger partial charge in [0.1, 0.15) is 5.75 Å². The van der Waals surface area contributed by atoms with Crippen LogP contribution in [-0.2, 0) is 5.66 Å². The van der Waals surface area contributed by atoms with Crippen LogP contribution in [0.25, 0.3) is 0 Å². The number of hydrogen-bond acceptors (Lipinski definition) is 4. The van der Waals surface area contributed by atoms with Crippen LogP contribution in [-0.4, -0.2) is 38.2 Å². The minimum absolute atomic E-state index is 0.436. The first-order valence-corrected chi connectivity index (χ1v) is 8.10. The number of rotatable bonds is 4. The maximum Gasteiger partial charge on any atom is 0.142 e. The van der Waals surface area contributed by atoms with Gasteiger partial charge in [0.2, 0.25) is 0 Å². The third-order valence-electron chi connectivity index (χ3n) is 4.72. The van der Waals surface area contributed by atoms with Crippen molar-refractivity contribution in [2.75, 3.05) is 38.2 Å². The standard InChI is InChI=1S/C19H25N3O/c1-19(20,16-8-4-3-5-9-16)22-14-12-21(13-15-22)17-10-6-7-11-18(17)23-2/h3-11H,12-15,20H2,1-2H3. The van der Waals surface area contributed by atoms with Crippen molar-refractivity contribution in [3.05, 3.63) is 60.2 Å². The lowest BCUT2D eigenvalue weighted by molar-refractivity contribution is 0.0998. The molecule has 2 N–H and O–H groups in total. The van der Waals surface area contributed by atoms with E-state index >= 15 is 0 Å². The summed E-state index contributed by atoms with van der Waals surface area (Å²) in [6.07, 6.45) is 0. The van der Waals surface area contributed by atoms with Crippen molar-refractivity contribution >= 4 is 5.69 Å². The summed E-state index contributed by atoms with van der Waals surface area (Å²) < 4.78 is 5.48. The third-order valence-corrected chi connectivity index (χ3v) is 4.72. The molecule has 1 atom stereocenters. The van der Waals surface area contributed by atoms with Gasteiger partial charge in [-0.3, -0.25) is 4.90 Å². The molecule has 0 aromatic heterocycles. The molecule has 2 aromatic rings. The second kappa shape index (κ2) is 6.60. The molecule has 1 saturated heterocycles. The van der Waals surface area contributed by atoms with Gasteiger partial charge in [-0.05, 0) is 24.6 Å². The van der Waals surface area contributed by atoms with Crippen LogP contribution in [0.4, 0.5) is 5.69 Å². The fourth-order valence-electron chi connectivity index (χ4n) is 3.26. The van der Waals surface area contributed by atoms with Gasteiger partial charge in [0.15, 0.2) is 0 Å². The Hall–Kier alpha value is -2.04. The minimum atomic E-state index is -0.436. The number of anilines is 1. The number of methoxy groups -OCH3 is 1. The molecular weight excluding hydrogens is 286 g/mol. The zero-order chi connectivity index (χ0) is 16.3. The van der Waals surface area contributed by atoms with E-state index in [1.807, 2.05) is 30.3 Å². The second-order valence-electron chi connectivity index (χ2n) is 6.16. The largest absolute Gasteiger partial charge is 0.495 e. The van der Waals surface area contributed by atoms with Crippen molar-refractivity contribution in [3.8, 4) is 5.75 Å². The van der Waals surface area contributed by atoms with Gasteiger partial charge >= 0.3 is 0 Å². The highest BCUT2D eigenvalue weighted by molar-refractivity contribution is 5.58. The number of nitrogens with zero attached hydrogens (tertiary/aromatic N) is 2. The van der Waals surface area contributed by atoms with Gasteiger partial charge in [-0.15, -0.1) is 0 Å². The Kier molecular flexibility index (Phi) is 4.55. The molecule has 1 fully saturated rings. The minimum Gasteiger partial charge on any atom is -0.495 e. The van der Waals surface area contributed by atoms with Crippen molar-refractivity contribution in [1.82, 2.24) is 4.90 Å². The summed E-state index contributed by atoms with van der Waals surface area (Å²) >= 11 is 0. The van der Waals surface area contributed by atoms with Crippen LogP contribution in [0.5, 0.6) is 5.75 Å². The summed E-state index contributed by atoms with van der Waals surface area (Å²) in [5, 5.41) is 0. The quantitative estimate of drug-likeness (QED) is 0.942. The lowest BCUT2D eigenvalue weighted by Crippen LogP contribution is -2.58. The van der Waals surface area contributed by atoms with Gasteiger partial charge in [-0.2, -0.15) is 0 Å². The van der Waals surface area contributed by atoms with Crippen LogP contribution >= 0.6 is 0 Å². The first-order chi connectivity index (χ1) is 11.1. The summed E-state index contributed by atoms with van der Waals surface area (Å²) in [6.45, 7) is 5.85. The molecule has 0 amide bonds. The summed E-state index contributed by atoms with van der Waals surface area (Å²) in [7, 11) is 1.72. The van der Waals surface area contributed by atoms with E-state index in [1.54, 1.807) is 7.11 Å². The SMILES string of the molecule is COc1ccccc1N1CCN(C(C)(N)c2ccccc2)CC1. The Bertz CT molecular complexity index is 634. The van der Waals surface area contributed by atoms with Crippen LogP contribution < -0.4 is 15.4 Å². The maximum absolute atomic E-state index is 6.64. The Morgan fingerprint density at radius 3 is 2.17 bits per heavy atom. The van der Waals surface area contributed by atoms with E-state index in [1.165, 1.54) is 0 Å². The van der Waals surface area contributed by atoms with E-state index in [4.69, 9.17) is 10.5 Å². The predicted molar refractivity (Wildman–Crippen MR) is 94.8 cm³/mol. The van der Waals surface area contributed by atoms with E-state index in [0.29, 0.717) is 0 Å². The lowest BCUT2D eigenvalue weighted by Gasteiger charge is -2.44. The van der Waals surface area contributed by atoms with Crippen LogP contribution in [0.15, 0.2) is 54.6 Å². The fourth-order valence-corrected chi connectivity index (χ4v) is 3.26. The molecule has 0 spiro atoms. The van der Waals surface area contributed by atoms with E-state index < -0.39 is 5.66 Å². The highest BCUT2D eigenvalue weighted by Crippen LogP contribution is 2.30. The predicted octanol–water partition coefficient (Wildman–Crippen LogP) is 2.65. The number of hydrogen-bond donors (Lipinski definition) is 1. The normalized spacial score (nSPS) is 18.5. The van der Waals surface area contributed by atoms with Crippen molar-refractivity contribution in [2.45, 2.75) is 12.6 Å². The van der Waals surface area contributed by atoms with Crippen LogP contribution in [0.3, 0.4) is 0 Å². The van der Waals surface area contributed by atoms with Crippen molar-refractivity contribution in [1.29, 1.82) is 0 Å². The van der Waals surface area contributed by atoms with Crippen LogP contribution in [0, 0.1) is 0 Å². The smallest absolute Gasteiger partial charge is 0.142 e. The van der Waals surface area contributed by atoms with Crippen LogP contribution in [0.2, 0.25) is 0 Å². The second-order valence-corrected chi connectivity index (χ2v) is 6.16. The number of piperazine rings is 1. The maximum atomic E-state index is 6.64. The molecule has 0 bridgehead atoms. The number of benzene rings is 2. The van der Waals surface area contributed by atoms with Gasteiger partial charge in [0.05, 0.1) is 18.5 Å². The summed E-state index contributed by atoms with van der Waals surface area (Å²) in [5.74, 6) is 0.930. The molecule has 4 heteroatoms. The van der Waals surface area contributed by atoms with Crippen molar-refractivity contribution in [2.24, 2.45) is 5.73 Å². The van der Waals surface area contributed by atoms with Gasteiger partial charge in [-0.1, -0.05) is 42.5 Å². The van der Waals surface area contributed by atoms with Crippen LogP contribution in [0.1, 0.15) is 12.5 Å². The molecule has 0 saturated carbocycles. The molecule has 4 nitrogen and oxygen atoms in total. The van der Waals surface area contributed by atoms with Gasteiger partial charge in [-0.25, -0.2) is 0 Å². The molecule has 0 aliphatic carbocycles. The molecule has 23 heavy (non-hydrogen) atoms. The zero-order valence-corrected chi connectivity index (χ0v) is 13.9. The van der Waals surface area contributed by atoms with E-state index in [2.05, 4.69) is 41.0 Å². The first kappa shape index (κ1) is 15.8. The Labute approximate surface area is 138 Å². The molecule has 0 radical (unpaired) electrons. The van der Waals surface area contributed by atoms with E-state index in [9.17, 15) is 0 Å². The van der Waals surface area contributed by atoms with Gasteiger partial charge in [0, 0.05) is 26.2 Å². The monoisotopic (exact) mass is 311 g/mol. The molecule has 1 aliphatic heterocycles. The number of nitrogens with two attached hydrogens (primary N) is 1. The first-order valence-electron chi connectivity index (χ1n) is 8.10. The lowest BCUT2D eigenvalue weighted by atomic mass is 9.99. The number of ether oxygens (including phenoxy) is 1. The van der Waals surface area contributed by atoms with Gasteiger partial charge in [0.25, 0.3) is 0 Å². The molecule has 1 heterocycles. The Balaban J connectivity index is 1.71. The molecular formula is C19H25N3O. The third kappa shape index (κ3) is 3.19. The molecule has 122 valence electrons. The average Bonchev–Trinajstić information content (AvgIpc) is 2.62. The van der Waals surface area contributed by atoms with Crippen molar-refractivity contribution in [3.63, 3.8) is 0 Å². The topological polar surface area (TPSA) is 41.7 Å². The Morgan fingerprint density at radius 1 is 0.913 bits per heavy atom. The summed E-state index contributed by atoms with van der Waals surface area (Å²) in [6, 6.07) is 18.5. The zero-order valence-electron chi connectivity index (χ0n) is 13.9. The molecule has 2 aromatic carbocycles. The van der Waals surface area contributed by atoms with E-state index in [0.717, 1.165) is 43.2 Å². The summed E-state index contributed by atoms with van der Waals surface area (Å²) in [5.41, 5.74) is 8.52. The highest BCUT2D eigenvalue weighted by atomic mass is 16.5. The fraction of sp³-hybridized carbons (Fsp3) is 0.368. The van der Waals surface area contributed by atoms with Crippen molar-refractivity contribution < 1.29 is 4.74 Å². The van der Waals surface area contributed by atoms with E-state index in [-0.39, 0.29) is 0 Å². The molecule has 1 aliphatic rings. The highest BCUT2D eigenvalue weighted by Gasteiger charge is 2.32. The Morgan fingerprint density at radius 2 is 1.52 bits per heavy atom. The van der Waals surface area contributed by atoms with Gasteiger partial charge < -0.3 is 15.4 Å². The number of para-hydroxylation sites is 2. The molecule has 3 rings (SSSR count).